The summed E-state index contributed by atoms with van der Waals surface area (Å²) in [6.45, 7) is 0.115. The van der Waals surface area contributed by atoms with Crippen LogP contribution < -0.4 is 0 Å². The predicted octanol–water partition coefficient (Wildman–Crippen LogP) is 0.631. The minimum Gasteiger partial charge on any atom is -0.273 e. The quantitative estimate of drug-likeness (QED) is 0.517. The summed E-state index contributed by atoms with van der Waals surface area (Å²) in [7, 11) is -5.16. The molecule has 8 heteroatoms. The third-order valence-electron chi connectivity index (χ3n) is 0.849. The van der Waals surface area contributed by atoms with Crippen LogP contribution in [0, 0.1) is 0 Å². The highest BCUT2D eigenvalue weighted by Crippen LogP contribution is 2.22. The van der Waals surface area contributed by atoms with Gasteiger partial charge in [-0.2, -0.15) is 21.6 Å². The van der Waals surface area contributed by atoms with Crippen LogP contribution in [0.15, 0.2) is 0 Å². The average Bonchev–Trinajstić information content (AvgIpc) is 1.56. The molecule has 0 spiro atoms. The van der Waals surface area contributed by atoms with E-state index >= 15 is 0 Å². The fourth-order valence-electron chi connectivity index (χ4n) is 0.473. The van der Waals surface area contributed by atoms with Gasteiger partial charge in [0, 0.05) is 6.54 Å². The Hall–Kier alpha value is -0.340. The van der Waals surface area contributed by atoms with Crippen LogP contribution in [0.1, 0.15) is 6.92 Å². The van der Waals surface area contributed by atoms with E-state index in [4.69, 9.17) is 4.55 Å². The van der Waals surface area contributed by atoms with E-state index in [1.165, 1.54) is 0 Å². The summed E-state index contributed by atoms with van der Waals surface area (Å²) >= 11 is 0. The highest BCUT2D eigenvalue weighted by molar-refractivity contribution is 7.83. The number of nitrogens with zero attached hydrogens (tertiary/aromatic N) is 1. The molecule has 0 amide bonds. The minimum absolute atomic E-state index is 0.845. The molecular formula is C3H6F3NO3S. The molecule has 0 saturated carbocycles. The van der Waals surface area contributed by atoms with Crippen LogP contribution >= 0.6 is 0 Å². The molecule has 0 fully saturated rings. The lowest BCUT2D eigenvalue weighted by Crippen LogP contribution is -2.42. The van der Waals surface area contributed by atoms with Gasteiger partial charge in [-0.15, -0.1) is 0 Å². The second-order valence-electron chi connectivity index (χ2n) is 1.61. The van der Waals surface area contributed by atoms with Gasteiger partial charge in [-0.1, -0.05) is 11.2 Å². The summed E-state index contributed by atoms with van der Waals surface area (Å²) < 4.78 is 61.8. The summed E-state index contributed by atoms with van der Waals surface area (Å²) in [5, 5.41) is 0. The molecule has 0 bridgehead atoms. The van der Waals surface area contributed by atoms with Crippen LogP contribution in [-0.4, -0.2) is 30.1 Å². The fourth-order valence-corrected chi connectivity index (χ4v) is 1.06. The molecule has 68 valence electrons. The summed E-state index contributed by atoms with van der Waals surface area (Å²) in [4.78, 5) is 0. The largest absolute Gasteiger partial charge is 0.475 e. The Morgan fingerprint density at radius 1 is 1.45 bits per heavy atom. The normalized spacial score (nSPS) is 14.0. The molecule has 0 saturated heterocycles. The zero-order valence-corrected chi connectivity index (χ0v) is 6.28. The molecule has 0 rings (SSSR count). The Morgan fingerprint density at radius 3 is 1.82 bits per heavy atom. The van der Waals surface area contributed by atoms with Crippen LogP contribution in [0.4, 0.5) is 13.2 Å². The molecule has 0 heterocycles. The van der Waals surface area contributed by atoms with E-state index in [0.29, 0.717) is 0 Å². The van der Waals surface area contributed by atoms with E-state index in [1.807, 2.05) is 0 Å². The van der Waals surface area contributed by atoms with Gasteiger partial charge in [-0.05, 0) is 0 Å². The van der Waals surface area contributed by atoms with Crippen molar-refractivity contribution in [3.05, 3.63) is 0 Å². The maximum Gasteiger partial charge on any atom is 0.475 e. The average molecular weight is 193 g/mol. The molecule has 0 unspecified atom stereocenters. The molecule has 0 radical (unpaired) electrons. The van der Waals surface area contributed by atoms with Gasteiger partial charge in [0.05, 0.1) is 0 Å². The Kier molecular flexibility index (Phi) is 2.86. The second-order valence-corrected chi connectivity index (χ2v) is 2.95. The van der Waals surface area contributed by atoms with Gasteiger partial charge in [0.25, 0.3) is 0 Å². The Balaban J connectivity index is 4.72. The van der Waals surface area contributed by atoms with Crippen LogP contribution in [0.2, 0.25) is 0 Å². The number of halogens is 3. The first-order valence-corrected chi connectivity index (χ1v) is 3.91. The van der Waals surface area contributed by atoms with Crippen molar-refractivity contribution in [2.24, 2.45) is 0 Å². The third-order valence-corrected chi connectivity index (χ3v) is 1.87. The van der Waals surface area contributed by atoms with Gasteiger partial charge in [-0.25, -0.2) is 0 Å². The molecular weight excluding hydrogens is 187 g/mol. The van der Waals surface area contributed by atoms with Crippen molar-refractivity contribution in [2.45, 2.75) is 13.2 Å². The molecule has 4 nitrogen and oxygen atoms in total. The van der Waals surface area contributed by atoms with Crippen LogP contribution in [0.5, 0.6) is 0 Å². The first kappa shape index (κ1) is 10.7. The van der Waals surface area contributed by atoms with Gasteiger partial charge < -0.3 is 0 Å². The zero-order valence-electron chi connectivity index (χ0n) is 5.46. The molecule has 0 atom stereocenters. The second kappa shape index (κ2) is 2.95. The number of hydrogen-bond donors (Lipinski definition) is 1. The minimum atomic E-state index is -5.16. The molecule has 0 aliphatic heterocycles. The van der Waals surface area contributed by atoms with E-state index < -0.39 is 27.5 Å². The summed E-state index contributed by atoms with van der Waals surface area (Å²) in [5.74, 6) is 0. The van der Waals surface area contributed by atoms with Crippen molar-refractivity contribution in [3.8, 4) is 0 Å². The Morgan fingerprint density at radius 2 is 1.82 bits per heavy atom. The maximum absolute atomic E-state index is 11.6. The summed E-state index contributed by atoms with van der Waals surface area (Å²) in [5.41, 5.74) is 0. The lowest BCUT2D eigenvalue weighted by Gasteiger charge is -2.18. The van der Waals surface area contributed by atoms with Crippen molar-refractivity contribution >= 4 is 10.3 Å². The topological polar surface area (TPSA) is 57.6 Å². The summed E-state index contributed by atoms with van der Waals surface area (Å²) in [6, 6.07) is 0. The smallest absolute Gasteiger partial charge is 0.273 e. The van der Waals surface area contributed by atoms with Gasteiger partial charge in [0.1, 0.15) is 0 Å². The van der Waals surface area contributed by atoms with Gasteiger partial charge in [-0.3, -0.25) is 4.55 Å². The van der Waals surface area contributed by atoms with E-state index in [1.54, 1.807) is 0 Å². The maximum atomic E-state index is 11.6. The first-order valence-electron chi connectivity index (χ1n) is 2.51. The van der Waals surface area contributed by atoms with Crippen LogP contribution in [0.25, 0.3) is 0 Å². The lowest BCUT2D eigenvalue weighted by atomic mass is 10.7. The van der Waals surface area contributed by atoms with Crippen LogP contribution in [0.3, 0.4) is 0 Å². The fraction of sp³-hybridized carbons (Fsp3) is 1.00. The van der Waals surface area contributed by atoms with Crippen molar-refractivity contribution in [3.63, 3.8) is 0 Å². The molecule has 0 aromatic heterocycles. The van der Waals surface area contributed by atoms with Crippen molar-refractivity contribution in [2.75, 3.05) is 6.54 Å². The lowest BCUT2D eigenvalue weighted by molar-refractivity contribution is -0.210. The van der Waals surface area contributed by atoms with Gasteiger partial charge in [0.2, 0.25) is 0 Å². The SMILES string of the molecule is CCN(C(F)(F)F)S(=O)(=O)O. The molecule has 0 aliphatic rings. The van der Waals surface area contributed by atoms with Gasteiger partial charge >= 0.3 is 16.6 Å². The van der Waals surface area contributed by atoms with E-state index in [-0.39, 0.29) is 0 Å². The number of rotatable bonds is 2. The van der Waals surface area contributed by atoms with Gasteiger partial charge in [0.15, 0.2) is 0 Å². The number of alkyl halides is 3. The van der Waals surface area contributed by atoms with E-state index in [2.05, 4.69) is 0 Å². The number of hydrogen-bond acceptors (Lipinski definition) is 2. The van der Waals surface area contributed by atoms with Crippen molar-refractivity contribution in [1.82, 2.24) is 4.31 Å². The summed E-state index contributed by atoms with van der Waals surface area (Å²) in [6.07, 6.45) is -5.05. The van der Waals surface area contributed by atoms with Crippen molar-refractivity contribution < 1.29 is 26.1 Å². The third kappa shape index (κ3) is 3.04. The highest BCUT2D eigenvalue weighted by atomic mass is 32.2. The molecule has 1 N–H and O–H groups in total. The monoisotopic (exact) mass is 193 g/mol. The Bertz CT molecular complexity index is 220. The molecule has 0 aromatic carbocycles. The van der Waals surface area contributed by atoms with Crippen molar-refractivity contribution in [1.29, 1.82) is 0 Å². The molecule has 0 aromatic rings. The molecule has 11 heavy (non-hydrogen) atoms. The highest BCUT2D eigenvalue weighted by Gasteiger charge is 2.43. The molecule has 0 aliphatic carbocycles. The van der Waals surface area contributed by atoms with E-state index in [9.17, 15) is 21.6 Å². The zero-order chi connectivity index (χ0) is 9.28. The standard InChI is InChI=1S/C3H6F3NO3S/c1-2-7(3(4,5)6)11(8,9)10/h2H2,1H3,(H,8,9,10). The Labute approximate surface area is 61.5 Å². The first-order chi connectivity index (χ1) is 4.69. The predicted molar refractivity (Wildman–Crippen MR) is 30.0 cm³/mol. The van der Waals surface area contributed by atoms with E-state index in [0.717, 1.165) is 6.92 Å². The van der Waals surface area contributed by atoms with Crippen LogP contribution in [-0.2, 0) is 10.3 Å².